The fourth-order valence-electron chi connectivity index (χ4n) is 12.7. The Balaban J connectivity index is 0.709. The first kappa shape index (κ1) is 45.7. The normalized spacial score (nSPS) is 22.8. The van der Waals surface area contributed by atoms with Crippen LogP contribution in [0, 0.1) is 37.3 Å². The molecule has 0 bridgehead atoms. The summed E-state index contributed by atoms with van der Waals surface area (Å²) in [6.45, 7) is 7.03. The van der Waals surface area contributed by atoms with E-state index in [9.17, 15) is 14.0 Å². The Hall–Kier alpha value is -7.42. The summed E-state index contributed by atoms with van der Waals surface area (Å²) in [5, 5.41) is 11.3. The SMILES string of the molecule is COCCOC(=O)N1C[C@H]2[C@H](c3ccccc3)[C@@]2(c2cc3cnn(-c4ccc(F)c(COCCOC(=O)N5C[C@@H]6[C@@H](c7ccccc7)[C@]6(c6cc7cnn(-c8ccc(F)cc8)c7cc6C)C5)c4)c3cc2C)C1. The first-order chi connectivity index (χ1) is 35.1. The van der Waals surface area contributed by atoms with Crippen LogP contribution >= 0.6 is 0 Å². The molecule has 0 radical (unpaired) electrons. The van der Waals surface area contributed by atoms with Crippen LogP contribution in [0.5, 0.6) is 0 Å². The molecule has 2 aromatic heterocycles. The van der Waals surface area contributed by atoms with Crippen molar-refractivity contribution in [1.29, 1.82) is 0 Å². The van der Waals surface area contributed by atoms with Gasteiger partial charge in [0.05, 0.1) is 54.6 Å². The molecule has 8 aromatic rings. The minimum Gasteiger partial charge on any atom is -0.447 e. The maximum Gasteiger partial charge on any atom is 0.409 e. The highest BCUT2D eigenvalue weighted by Gasteiger charge is 2.72. The molecule has 2 aliphatic carbocycles. The molecule has 12 rings (SSSR count). The molecule has 4 heterocycles. The molecule has 366 valence electrons. The molecule has 4 fully saturated rings. The van der Waals surface area contributed by atoms with Crippen LogP contribution in [0.3, 0.4) is 0 Å². The number of aryl methyl sites for hydroxylation is 2. The van der Waals surface area contributed by atoms with Gasteiger partial charge in [-0.2, -0.15) is 10.2 Å². The molecule has 14 heteroatoms. The van der Waals surface area contributed by atoms with Gasteiger partial charge in [-0.3, -0.25) is 0 Å². The lowest BCUT2D eigenvalue weighted by atomic mass is 9.86. The number of nitrogens with zero attached hydrogens (tertiary/aromatic N) is 6. The third-order valence-electron chi connectivity index (χ3n) is 16.0. The first-order valence-corrected chi connectivity index (χ1v) is 24.6. The van der Waals surface area contributed by atoms with Gasteiger partial charge in [0.2, 0.25) is 0 Å². The number of likely N-dealkylation sites (tertiary alicyclic amines) is 2. The van der Waals surface area contributed by atoms with E-state index in [1.807, 2.05) is 38.8 Å². The van der Waals surface area contributed by atoms with Gasteiger partial charge in [0.25, 0.3) is 0 Å². The fourth-order valence-corrected chi connectivity index (χ4v) is 12.7. The zero-order valence-electron chi connectivity index (χ0n) is 40.3. The monoisotopic (exact) mass is 968 g/mol. The number of benzene rings is 6. The summed E-state index contributed by atoms with van der Waals surface area (Å²) < 4.78 is 55.1. The van der Waals surface area contributed by atoms with Crippen molar-refractivity contribution in [2.24, 2.45) is 11.8 Å². The molecule has 2 saturated carbocycles. The number of ether oxygens (including phenoxy) is 4. The van der Waals surface area contributed by atoms with Crippen LogP contribution in [-0.4, -0.2) is 101 Å². The van der Waals surface area contributed by atoms with E-state index in [-0.39, 0.29) is 72.8 Å². The van der Waals surface area contributed by atoms with Crippen molar-refractivity contribution in [3.05, 3.63) is 190 Å². The number of carbonyl (C=O) groups excluding carboxylic acids is 2. The number of methoxy groups -OCH3 is 1. The van der Waals surface area contributed by atoms with Gasteiger partial charge < -0.3 is 28.7 Å². The molecule has 0 N–H and O–H groups in total. The van der Waals surface area contributed by atoms with Crippen molar-refractivity contribution < 1.29 is 37.3 Å². The molecule has 72 heavy (non-hydrogen) atoms. The lowest BCUT2D eigenvalue weighted by Crippen LogP contribution is -2.35. The van der Waals surface area contributed by atoms with Crippen molar-refractivity contribution in [1.82, 2.24) is 29.4 Å². The molecule has 6 atom stereocenters. The summed E-state index contributed by atoms with van der Waals surface area (Å²) in [7, 11) is 1.58. The van der Waals surface area contributed by atoms with Crippen LogP contribution in [0.4, 0.5) is 18.4 Å². The van der Waals surface area contributed by atoms with E-state index < -0.39 is 11.9 Å². The second kappa shape index (κ2) is 18.0. The topological polar surface area (TPSA) is 113 Å². The molecule has 12 nitrogen and oxygen atoms in total. The zero-order chi connectivity index (χ0) is 49.3. The van der Waals surface area contributed by atoms with Gasteiger partial charge in [-0.1, -0.05) is 60.7 Å². The van der Waals surface area contributed by atoms with Crippen LogP contribution in [0.25, 0.3) is 33.2 Å². The molecular weight excluding hydrogens is 915 g/mol. The highest BCUT2D eigenvalue weighted by atomic mass is 19.1. The van der Waals surface area contributed by atoms with Gasteiger partial charge in [0.1, 0.15) is 24.8 Å². The van der Waals surface area contributed by atoms with E-state index in [2.05, 4.69) is 91.7 Å². The first-order valence-electron chi connectivity index (χ1n) is 24.6. The van der Waals surface area contributed by atoms with Gasteiger partial charge in [0, 0.05) is 72.3 Å². The second-order valence-corrected chi connectivity index (χ2v) is 19.9. The van der Waals surface area contributed by atoms with Crippen LogP contribution < -0.4 is 0 Å². The molecule has 0 unspecified atom stereocenters. The second-order valence-electron chi connectivity index (χ2n) is 19.9. The van der Waals surface area contributed by atoms with Crippen LogP contribution in [0.2, 0.25) is 0 Å². The van der Waals surface area contributed by atoms with E-state index in [1.54, 1.807) is 36.3 Å². The number of amides is 2. The van der Waals surface area contributed by atoms with Crippen molar-refractivity contribution >= 4 is 34.0 Å². The number of rotatable bonds is 14. The highest BCUT2D eigenvalue weighted by molar-refractivity contribution is 5.85. The average Bonchev–Trinajstić information content (AvgIpc) is 3.73. The number of carbonyl (C=O) groups is 2. The Bertz CT molecular complexity index is 3370. The number of hydrogen-bond donors (Lipinski definition) is 0. The van der Waals surface area contributed by atoms with Gasteiger partial charge in [0.15, 0.2) is 0 Å². The van der Waals surface area contributed by atoms with Crippen molar-refractivity contribution in [3.8, 4) is 11.4 Å². The molecule has 2 aliphatic heterocycles. The molecule has 4 aliphatic rings. The van der Waals surface area contributed by atoms with Gasteiger partial charge in [-0.05, 0) is 126 Å². The van der Waals surface area contributed by atoms with E-state index in [0.717, 1.165) is 38.6 Å². The van der Waals surface area contributed by atoms with E-state index in [1.165, 1.54) is 40.5 Å². The largest absolute Gasteiger partial charge is 0.447 e. The standard InChI is InChI=1S/C58H54F2N6O6/c1-36-24-51-40(29-61-65(51)44-16-14-43(59)15-17-44)27-46(36)58-35-64(32-49(58)54(58)39-12-8-5-9-13-39)56(68)72-23-21-70-33-42-26-45(18-19-50(42)60)66-52-25-37(2)47(28-41(52)30-62-66)57-34-63(55(67)71-22-20-69-3)31-48(57)53(57)38-10-6-4-7-11-38/h4-19,24-30,48-49,53-54H,20-23,31-35H2,1-3H3/t48-,49+,53-,54+,57+,58-/m0/s1. The summed E-state index contributed by atoms with van der Waals surface area (Å²) in [5.41, 5.74) is 10.1. The minimum absolute atomic E-state index is 0.00955. The highest BCUT2D eigenvalue weighted by Crippen LogP contribution is 2.71. The summed E-state index contributed by atoms with van der Waals surface area (Å²) in [6, 6.07) is 40.9. The molecule has 2 saturated heterocycles. The molecule has 6 aromatic carbocycles. The number of piperidine rings is 2. The summed E-state index contributed by atoms with van der Waals surface area (Å²) in [6.07, 6.45) is 2.95. The summed E-state index contributed by atoms with van der Waals surface area (Å²) >= 11 is 0. The minimum atomic E-state index is -0.408. The Morgan fingerprint density at radius 1 is 0.611 bits per heavy atom. The molecule has 2 amide bonds. The number of hydrogen-bond acceptors (Lipinski definition) is 8. The Morgan fingerprint density at radius 3 is 1.64 bits per heavy atom. The smallest absolute Gasteiger partial charge is 0.409 e. The number of fused-ring (bicyclic) bond motifs is 4. The maximum absolute atomic E-state index is 15.4. The van der Waals surface area contributed by atoms with Gasteiger partial charge in [-0.15, -0.1) is 0 Å². The van der Waals surface area contributed by atoms with Crippen molar-refractivity contribution in [3.63, 3.8) is 0 Å². The van der Waals surface area contributed by atoms with Gasteiger partial charge in [-0.25, -0.2) is 27.7 Å². The summed E-state index contributed by atoms with van der Waals surface area (Å²) in [5.74, 6) is 0.207. The summed E-state index contributed by atoms with van der Waals surface area (Å²) in [4.78, 5) is 30.5. The Labute approximate surface area is 415 Å². The van der Waals surface area contributed by atoms with Crippen molar-refractivity contribution in [2.75, 3.05) is 59.7 Å². The predicted octanol–water partition coefficient (Wildman–Crippen LogP) is 10.3. The van der Waals surface area contributed by atoms with E-state index in [4.69, 9.17) is 24.0 Å². The lowest BCUT2D eigenvalue weighted by molar-refractivity contribution is 0.0492. The predicted molar refractivity (Wildman–Crippen MR) is 268 cm³/mol. The van der Waals surface area contributed by atoms with E-state index in [0.29, 0.717) is 44.0 Å². The Morgan fingerprint density at radius 2 is 1.11 bits per heavy atom. The third-order valence-corrected chi connectivity index (χ3v) is 16.0. The molecular formula is C58H54F2N6O6. The van der Waals surface area contributed by atoms with E-state index >= 15 is 4.39 Å². The maximum atomic E-state index is 15.4. The zero-order valence-corrected chi connectivity index (χ0v) is 40.3. The number of aromatic nitrogens is 4. The van der Waals surface area contributed by atoms with Crippen LogP contribution in [0.1, 0.15) is 50.8 Å². The quantitative estimate of drug-likeness (QED) is 0.0991. The molecule has 0 spiro atoms. The third kappa shape index (κ3) is 7.61. The van der Waals surface area contributed by atoms with Gasteiger partial charge >= 0.3 is 12.2 Å². The van der Waals surface area contributed by atoms with Crippen LogP contribution in [0.15, 0.2) is 140 Å². The van der Waals surface area contributed by atoms with Crippen LogP contribution in [-0.2, 0) is 36.4 Å². The van der Waals surface area contributed by atoms with Crippen molar-refractivity contribution in [2.45, 2.75) is 43.1 Å². The fraction of sp³-hybridized carbons (Fsp3) is 0.310. The number of halogens is 2. The lowest BCUT2D eigenvalue weighted by Gasteiger charge is -2.25. The Kier molecular flexibility index (Phi) is 11.4. The average molecular weight is 969 g/mol.